The molecular formula is C20H28N4O. The van der Waals surface area contributed by atoms with Gasteiger partial charge in [-0.05, 0) is 56.8 Å². The van der Waals surface area contributed by atoms with Crippen LogP contribution in [0.2, 0.25) is 0 Å². The van der Waals surface area contributed by atoms with Crippen LogP contribution in [0.5, 0.6) is 0 Å². The molecule has 0 saturated carbocycles. The molecule has 2 saturated heterocycles. The molecule has 2 aliphatic rings. The van der Waals surface area contributed by atoms with Gasteiger partial charge < -0.3 is 20.5 Å². The average molecular weight is 340 g/mol. The molecule has 5 nitrogen and oxygen atoms in total. The third-order valence-corrected chi connectivity index (χ3v) is 6.09. The first-order chi connectivity index (χ1) is 12.1. The van der Waals surface area contributed by atoms with Gasteiger partial charge in [0, 0.05) is 36.2 Å². The Kier molecular flexibility index (Phi) is 4.52. The molecule has 2 aromatic rings. The largest absolute Gasteiger partial charge is 0.361 e. The SMILES string of the molecule is CN1CCCC2CN(C(=O)[C@@H](N)Cc3c[nH]c4ccccc34)CCC21. The van der Waals surface area contributed by atoms with Gasteiger partial charge >= 0.3 is 0 Å². The number of carbonyl (C=O) groups is 1. The topological polar surface area (TPSA) is 65.4 Å². The van der Waals surface area contributed by atoms with Gasteiger partial charge in [0.25, 0.3) is 0 Å². The number of likely N-dealkylation sites (tertiary alicyclic amines) is 2. The highest BCUT2D eigenvalue weighted by Gasteiger charge is 2.36. The lowest BCUT2D eigenvalue weighted by atomic mass is 9.84. The van der Waals surface area contributed by atoms with Gasteiger partial charge in [0.15, 0.2) is 0 Å². The van der Waals surface area contributed by atoms with Gasteiger partial charge in [0.1, 0.15) is 0 Å². The summed E-state index contributed by atoms with van der Waals surface area (Å²) in [6.45, 7) is 2.90. The molecule has 0 radical (unpaired) electrons. The summed E-state index contributed by atoms with van der Waals surface area (Å²) in [5.74, 6) is 0.716. The van der Waals surface area contributed by atoms with Crippen LogP contribution >= 0.6 is 0 Å². The predicted molar refractivity (Wildman–Crippen MR) is 100 cm³/mol. The number of nitrogens with two attached hydrogens (primary N) is 1. The Hall–Kier alpha value is -1.85. The molecule has 3 atom stereocenters. The molecule has 5 heteroatoms. The van der Waals surface area contributed by atoms with Gasteiger partial charge in [-0.2, -0.15) is 0 Å². The number of amides is 1. The van der Waals surface area contributed by atoms with Gasteiger partial charge in [-0.3, -0.25) is 4.79 Å². The molecule has 3 N–H and O–H groups in total. The number of hydrogen-bond donors (Lipinski definition) is 2. The fourth-order valence-corrected chi connectivity index (χ4v) is 4.71. The van der Waals surface area contributed by atoms with Crippen molar-refractivity contribution in [1.29, 1.82) is 0 Å². The number of aromatic amines is 1. The van der Waals surface area contributed by atoms with Crippen LogP contribution in [0.4, 0.5) is 0 Å². The van der Waals surface area contributed by atoms with Gasteiger partial charge in [-0.25, -0.2) is 0 Å². The maximum Gasteiger partial charge on any atom is 0.239 e. The quantitative estimate of drug-likeness (QED) is 0.898. The standard InChI is InChI=1S/C20H28N4O/c1-23-9-4-5-14-13-24(10-8-19(14)23)20(25)17(21)11-15-12-22-18-7-3-2-6-16(15)18/h2-3,6-7,12,14,17,19,22H,4-5,8-11,13,21H2,1H3/t14?,17-,19?/m0/s1. The second-order valence-corrected chi connectivity index (χ2v) is 7.69. The molecule has 2 unspecified atom stereocenters. The molecule has 1 aromatic heterocycles. The van der Waals surface area contributed by atoms with Gasteiger partial charge in [0.05, 0.1) is 6.04 Å². The smallest absolute Gasteiger partial charge is 0.239 e. The summed E-state index contributed by atoms with van der Waals surface area (Å²) in [4.78, 5) is 20.6. The Balaban J connectivity index is 1.42. The van der Waals surface area contributed by atoms with Crippen molar-refractivity contribution in [2.75, 3.05) is 26.7 Å². The lowest BCUT2D eigenvalue weighted by Gasteiger charge is -2.46. The highest BCUT2D eigenvalue weighted by molar-refractivity contribution is 5.86. The summed E-state index contributed by atoms with van der Waals surface area (Å²) in [7, 11) is 2.22. The van der Waals surface area contributed by atoms with E-state index in [0.717, 1.165) is 30.6 Å². The van der Waals surface area contributed by atoms with E-state index in [9.17, 15) is 4.79 Å². The molecular weight excluding hydrogens is 312 g/mol. The molecule has 2 fully saturated rings. The number of nitrogens with one attached hydrogen (secondary N) is 1. The second-order valence-electron chi connectivity index (χ2n) is 7.69. The number of aromatic nitrogens is 1. The minimum absolute atomic E-state index is 0.108. The Labute approximate surface area is 149 Å². The van der Waals surface area contributed by atoms with E-state index >= 15 is 0 Å². The first-order valence-corrected chi connectivity index (χ1v) is 9.43. The third-order valence-electron chi connectivity index (χ3n) is 6.09. The van der Waals surface area contributed by atoms with E-state index in [4.69, 9.17) is 5.73 Å². The van der Waals surface area contributed by atoms with Crippen LogP contribution in [0.1, 0.15) is 24.8 Å². The summed E-state index contributed by atoms with van der Waals surface area (Å²) in [6.07, 6.45) is 6.12. The number of rotatable bonds is 3. The van der Waals surface area contributed by atoms with E-state index in [1.165, 1.54) is 24.8 Å². The van der Waals surface area contributed by atoms with E-state index in [-0.39, 0.29) is 5.91 Å². The van der Waals surface area contributed by atoms with Crippen molar-refractivity contribution in [2.45, 2.75) is 37.8 Å². The van der Waals surface area contributed by atoms with Crippen molar-refractivity contribution in [3.05, 3.63) is 36.0 Å². The van der Waals surface area contributed by atoms with Gasteiger partial charge in [-0.1, -0.05) is 18.2 Å². The van der Waals surface area contributed by atoms with Crippen molar-refractivity contribution in [3.8, 4) is 0 Å². The van der Waals surface area contributed by atoms with E-state index in [1.54, 1.807) is 0 Å². The number of H-pyrrole nitrogens is 1. The number of fused-ring (bicyclic) bond motifs is 2. The first-order valence-electron chi connectivity index (χ1n) is 9.43. The predicted octanol–water partition coefficient (Wildman–Crippen LogP) is 1.98. The van der Waals surface area contributed by atoms with Crippen LogP contribution in [0.15, 0.2) is 30.5 Å². The van der Waals surface area contributed by atoms with E-state index in [2.05, 4.69) is 29.1 Å². The monoisotopic (exact) mass is 340 g/mol. The molecule has 25 heavy (non-hydrogen) atoms. The molecule has 1 aromatic carbocycles. The van der Waals surface area contributed by atoms with Gasteiger partial charge in [-0.15, -0.1) is 0 Å². The van der Waals surface area contributed by atoms with Crippen molar-refractivity contribution < 1.29 is 4.79 Å². The molecule has 134 valence electrons. The molecule has 4 rings (SSSR count). The molecule has 0 aliphatic carbocycles. The van der Waals surface area contributed by atoms with Crippen LogP contribution in [0.25, 0.3) is 10.9 Å². The second kappa shape index (κ2) is 6.81. The number of carbonyl (C=O) groups excluding carboxylic acids is 1. The highest BCUT2D eigenvalue weighted by atomic mass is 16.2. The minimum atomic E-state index is -0.461. The average Bonchev–Trinajstić information content (AvgIpc) is 3.04. The number of benzene rings is 1. The Morgan fingerprint density at radius 1 is 1.32 bits per heavy atom. The number of nitrogens with zero attached hydrogens (tertiary/aromatic N) is 2. The third kappa shape index (κ3) is 3.18. The van der Waals surface area contributed by atoms with Crippen molar-refractivity contribution in [2.24, 2.45) is 11.7 Å². The van der Waals surface area contributed by atoms with Crippen molar-refractivity contribution >= 4 is 16.8 Å². The van der Waals surface area contributed by atoms with Crippen LogP contribution in [0, 0.1) is 5.92 Å². The van der Waals surface area contributed by atoms with E-state index < -0.39 is 6.04 Å². The lowest BCUT2D eigenvalue weighted by molar-refractivity contribution is -0.136. The van der Waals surface area contributed by atoms with E-state index in [0.29, 0.717) is 18.4 Å². The maximum absolute atomic E-state index is 12.9. The van der Waals surface area contributed by atoms with Gasteiger partial charge in [0.2, 0.25) is 5.91 Å². The summed E-state index contributed by atoms with van der Waals surface area (Å²) < 4.78 is 0. The van der Waals surface area contributed by atoms with Crippen LogP contribution in [0.3, 0.4) is 0 Å². The zero-order valence-corrected chi connectivity index (χ0v) is 14.9. The molecule has 1 amide bonds. The summed E-state index contributed by atoms with van der Waals surface area (Å²) >= 11 is 0. The molecule has 0 bridgehead atoms. The number of piperidine rings is 2. The fraction of sp³-hybridized carbons (Fsp3) is 0.550. The normalized spacial score (nSPS) is 25.8. The molecule has 0 spiro atoms. The Morgan fingerprint density at radius 2 is 2.16 bits per heavy atom. The fourth-order valence-electron chi connectivity index (χ4n) is 4.71. The van der Waals surface area contributed by atoms with Crippen LogP contribution in [-0.4, -0.2) is 59.5 Å². The number of para-hydroxylation sites is 1. The summed E-state index contributed by atoms with van der Waals surface area (Å²) in [6, 6.07) is 8.36. The molecule has 3 heterocycles. The lowest BCUT2D eigenvalue weighted by Crippen LogP contribution is -2.56. The van der Waals surface area contributed by atoms with Crippen molar-refractivity contribution in [1.82, 2.24) is 14.8 Å². The molecule has 2 aliphatic heterocycles. The van der Waals surface area contributed by atoms with Crippen LogP contribution in [-0.2, 0) is 11.2 Å². The van der Waals surface area contributed by atoms with Crippen molar-refractivity contribution in [3.63, 3.8) is 0 Å². The zero-order chi connectivity index (χ0) is 17.4. The Bertz CT molecular complexity index is 755. The summed E-state index contributed by atoms with van der Waals surface area (Å²) in [5.41, 5.74) is 8.54. The van der Waals surface area contributed by atoms with E-state index in [1.807, 2.05) is 23.2 Å². The highest BCUT2D eigenvalue weighted by Crippen LogP contribution is 2.30. The maximum atomic E-state index is 12.9. The zero-order valence-electron chi connectivity index (χ0n) is 14.9. The summed E-state index contributed by atoms with van der Waals surface area (Å²) in [5, 5.41) is 1.17. The van der Waals surface area contributed by atoms with Crippen LogP contribution < -0.4 is 5.73 Å². The Morgan fingerprint density at radius 3 is 3.04 bits per heavy atom. The minimum Gasteiger partial charge on any atom is -0.361 e. The number of hydrogen-bond acceptors (Lipinski definition) is 3. The first kappa shape index (κ1) is 16.6.